The molecule has 24 heavy (non-hydrogen) atoms. The Morgan fingerprint density at radius 1 is 0.917 bits per heavy atom. The number of halogens is 3. The van der Waals surface area contributed by atoms with Gasteiger partial charge in [0.1, 0.15) is 16.7 Å². The number of hydrogen-bond acceptors (Lipinski definition) is 4. The summed E-state index contributed by atoms with van der Waals surface area (Å²) in [6.07, 6.45) is 0. The molecule has 4 nitrogen and oxygen atoms in total. The molecule has 0 fully saturated rings. The summed E-state index contributed by atoms with van der Waals surface area (Å²) < 4.78 is 5.21. The number of aromatic nitrogens is 2. The molecule has 0 saturated carbocycles. The molecule has 2 aromatic carbocycles. The maximum atomic E-state index is 6.23. The fourth-order valence-electron chi connectivity index (χ4n) is 2.12. The largest absolute Gasteiger partial charge is 0.495 e. The van der Waals surface area contributed by atoms with Crippen molar-refractivity contribution in [3.05, 3.63) is 63.7 Å². The summed E-state index contributed by atoms with van der Waals surface area (Å²) in [6.45, 7) is 0. The van der Waals surface area contributed by atoms with Gasteiger partial charge < -0.3 is 10.1 Å². The second kappa shape index (κ2) is 7.26. The van der Waals surface area contributed by atoms with Crippen LogP contribution in [-0.4, -0.2) is 17.1 Å². The molecule has 1 heterocycles. The van der Waals surface area contributed by atoms with E-state index in [4.69, 9.17) is 39.5 Å². The van der Waals surface area contributed by atoms with Crippen LogP contribution >= 0.6 is 34.8 Å². The van der Waals surface area contributed by atoms with E-state index < -0.39 is 0 Å². The predicted molar refractivity (Wildman–Crippen MR) is 98.8 cm³/mol. The summed E-state index contributed by atoms with van der Waals surface area (Å²) in [4.78, 5) is 8.73. The highest BCUT2D eigenvalue weighted by Gasteiger charge is 2.11. The minimum Gasteiger partial charge on any atom is -0.495 e. The lowest BCUT2D eigenvalue weighted by atomic mass is 10.2. The first-order valence-corrected chi connectivity index (χ1v) is 8.10. The average molecular weight is 381 g/mol. The van der Waals surface area contributed by atoms with Gasteiger partial charge in [0.2, 0.25) is 0 Å². The van der Waals surface area contributed by atoms with E-state index in [1.807, 2.05) is 30.3 Å². The molecular weight excluding hydrogens is 369 g/mol. The molecule has 0 radical (unpaired) electrons. The van der Waals surface area contributed by atoms with Gasteiger partial charge in [-0.3, -0.25) is 0 Å². The number of ether oxygens (including phenoxy) is 1. The van der Waals surface area contributed by atoms with Gasteiger partial charge in [-0.05, 0) is 6.07 Å². The van der Waals surface area contributed by atoms with Crippen LogP contribution in [0.1, 0.15) is 0 Å². The molecule has 0 amide bonds. The van der Waals surface area contributed by atoms with Crippen LogP contribution in [0.4, 0.5) is 11.5 Å². The molecule has 0 saturated heterocycles. The first-order valence-electron chi connectivity index (χ1n) is 6.97. The number of benzene rings is 2. The van der Waals surface area contributed by atoms with Crippen molar-refractivity contribution in [2.45, 2.75) is 0 Å². The van der Waals surface area contributed by atoms with Gasteiger partial charge in [-0.15, -0.1) is 0 Å². The van der Waals surface area contributed by atoms with Crippen LogP contribution in [0.25, 0.3) is 11.4 Å². The number of anilines is 2. The highest BCUT2D eigenvalue weighted by atomic mass is 35.5. The molecule has 0 aliphatic carbocycles. The summed E-state index contributed by atoms with van der Waals surface area (Å²) in [7, 11) is 1.54. The Morgan fingerprint density at radius 2 is 1.67 bits per heavy atom. The van der Waals surface area contributed by atoms with Crippen molar-refractivity contribution in [3.63, 3.8) is 0 Å². The molecule has 0 aliphatic heterocycles. The quantitative estimate of drug-likeness (QED) is 0.576. The third-order valence-corrected chi connectivity index (χ3v) is 4.03. The first kappa shape index (κ1) is 16.8. The van der Waals surface area contributed by atoms with E-state index in [2.05, 4.69) is 15.3 Å². The molecule has 0 atom stereocenters. The summed E-state index contributed by atoms with van der Waals surface area (Å²) in [5.74, 6) is 1.54. The summed E-state index contributed by atoms with van der Waals surface area (Å²) >= 11 is 18.4. The fourth-order valence-corrected chi connectivity index (χ4v) is 2.81. The van der Waals surface area contributed by atoms with Crippen LogP contribution < -0.4 is 10.1 Å². The second-order valence-corrected chi connectivity index (χ2v) is 6.06. The van der Waals surface area contributed by atoms with Crippen molar-refractivity contribution >= 4 is 46.3 Å². The zero-order valence-corrected chi connectivity index (χ0v) is 14.8. The molecule has 0 bridgehead atoms. The predicted octanol–water partition coefficient (Wildman–Crippen LogP) is 5.86. The maximum absolute atomic E-state index is 6.23. The molecule has 3 aromatic rings. The lowest BCUT2D eigenvalue weighted by Crippen LogP contribution is -1.99. The number of nitrogens with zero attached hydrogens (tertiary/aromatic N) is 2. The maximum Gasteiger partial charge on any atom is 0.163 e. The topological polar surface area (TPSA) is 47.0 Å². The molecular formula is C17H12Cl3N3O. The number of methoxy groups -OCH3 is 1. The molecule has 1 aromatic heterocycles. The monoisotopic (exact) mass is 379 g/mol. The van der Waals surface area contributed by atoms with E-state index in [0.717, 1.165) is 5.56 Å². The van der Waals surface area contributed by atoms with Crippen molar-refractivity contribution in [1.29, 1.82) is 0 Å². The Labute approximate surface area is 154 Å². The lowest BCUT2D eigenvalue weighted by Gasteiger charge is -2.12. The van der Waals surface area contributed by atoms with E-state index in [9.17, 15) is 0 Å². The highest BCUT2D eigenvalue weighted by Crippen LogP contribution is 2.35. The van der Waals surface area contributed by atoms with Crippen LogP contribution in [0.2, 0.25) is 15.2 Å². The average Bonchev–Trinajstić information content (AvgIpc) is 2.57. The molecule has 122 valence electrons. The third-order valence-electron chi connectivity index (χ3n) is 3.23. The van der Waals surface area contributed by atoms with Gasteiger partial charge in [0, 0.05) is 17.7 Å². The molecule has 1 N–H and O–H groups in total. The van der Waals surface area contributed by atoms with E-state index in [1.54, 1.807) is 18.2 Å². The lowest BCUT2D eigenvalue weighted by molar-refractivity contribution is 0.415. The van der Waals surface area contributed by atoms with Gasteiger partial charge >= 0.3 is 0 Å². The van der Waals surface area contributed by atoms with E-state index >= 15 is 0 Å². The van der Waals surface area contributed by atoms with Crippen molar-refractivity contribution in [3.8, 4) is 17.1 Å². The van der Waals surface area contributed by atoms with Crippen molar-refractivity contribution in [1.82, 2.24) is 9.97 Å². The molecule has 0 aliphatic rings. The van der Waals surface area contributed by atoms with Crippen LogP contribution in [0.3, 0.4) is 0 Å². The summed E-state index contributed by atoms with van der Waals surface area (Å²) in [5, 5.41) is 4.31. The zero-order valence-electron chi connectivity index (χ0n) is 12.6. The van der Waals surface area contributed by atoms with Gasteiger partial charge in [-0.25, -0.2) is 9.97 Å². The fraction of sp³-hybridized carbons (Fsp3) is 0.0588. The van der Waals surface area contributed by atoms with Crippen molar-refractivity contribution in [2.75, 3.05) is 12.4 Å². The summed E-state index contributed by atoms with van der Waals surface area (Å²) in [6, 6.07) is 14.5. The number of rotatable bonds is 4. The SMILES string of the molecule is COc1cc(Nc2cc(Cl)nc(-c3ccccc3)n2)c(Cl)cc1Cl. The Balaban J connectivity index is 1.98. The minimum absolute atomic E-state index is 0.323. The Bertz CT molecular complexity index is 872. The van der Waals surface area contributed by atoms with Crippen molar-refractivity contribution < 1.29 is 4.74 Å². The zero-order chi connectivity index (χ0) is 17.1. The van der Waals surface area contributed by atoms with Crippen LogP contribution in [0, 0.1) is 0 Å². The Morgan fingerprint density at radius 3 is 2.38 bits per heavy atom. The standard InChI is InChI=1S/C17H12Cl3N3O/c1-24-14-8-13(11(18)7-12(14)19)21-16-9-15(20)22-17(23-16)10-5-3-2-4-6-10/h2-9H,1H3,(H,21,22,23). The van der Waals surface area contributed by atoms with Crippen molar-refractivity contribution in [2.24, 2.45) is 0 Å². The molecule has 0 unspecified atom stereocenters. The number of hydrogen-bond donors (Lipinski definition) is 1. The second-order valence-electron chi connectivity index (χ2n) is 4.86. The van der Waals surface area contributed by atoms with E-state index in [1.165, 1.54) is 7.11 Å². The Kier molecular flexibility index (Phi) is 5.09. The normalized spacial score (nSPS) is 10.5. The van der Waals surface area contributed by atoms with Gasteiger partial charge in [-0.1, -0.05) is 65.1 Å². The smallest absolute Gasteiger partial charge is 0.163 e. The first-order chi connectivity index (χ1) is 11.6. The minimum atomic E-state index is 0.323. The highest BCUT2D eigenvalue weighted by molar-refractivity contribution is 6.37. The molecule has 0 spiro atoms. The molecule has 7 heteroatoms. The van der Waals surface area contributed by atoms with Gasteiger partial charge in [-0.2, -0.15) is 0 Å². The Hall–Kier alpha value is -2.01. The van der Waals surface area contributed by atoms with E-state index in [-0.39, 0.29) is 0 Å². The number of nitrogens with one attached hydrogen (secondary N) is 1. The third kappa shape index (κ3) is 3.73. The van der Waals surface area contributed by atoms with Gasteiger partial charge in [0.05, 0.1) is 22.8 Å². The van der Waals surface area contributed by atoms with Gasteiger partial charge in [0.15, 0.2) is 5.82 Å². The van der Waals surface area contributed by atoms with Gasteiger partial charge in [0.25, 0.3) is 0 Å². The molecule has 3 rings (SSSR count). The van der Waals surface area contributed by atoms with E-state index in [0.29, 0.717) is 38.3 Å². The van der Waals surface area contributed by atoms with Crippen LogP contribution in [0.15, 0.2) is 48.5 Å². The summed E-state index contributed by atoms with van der Waals surface area (Å²) in [5.41, 5.74) is 1.47. The van der Waals surface area contributed by atoms with Crippen LogP contribution in [0.5, 0.6) is 5.75 Å². The van der Waals surface area contributed by atoms with Crippen LogP contribution in [-0.2, 0) is 0 Å².